The molecule has 2 aliphatic rings. The molecule has 0 aliphatic carbocycles. The number of ether oxygens (including phenoxy) is 2. The first-order chi connectivity index (χ1) is 15.1. The van der Waals surface area contributed by atoms with Crippen molar-refractivity contribution in [1.82, 2.24) is 9.80 Å². The molecule has 166 valence electrons. The highest BCUT2D eigenvalue weighted by Crippen LogP contribution is 2.35. The van der Waals surface area contributed by atoms with Gasteiger partial charge in [-0.2, -0.15) is 0 Å². The number of likely N-dealkylation sites (tertiary alicyclic amines) is 1. The predicted molar refractivity (Wildman–Crippen MR) is 122 cm³/mol. The van der Waals surface area contributed by atoms with E-state index < -0.39 is 0 Å². The van der Waals surface area contributed by atoms with E-state index >= 15 is 0 Å². The van der Waals surface area contributed by atoms with Crippen molar-refractivity contribution < 1.29 is 14.3 Å². The fourth-order valence-corrected chi connectivity index (χ4v) is 4.65. The van der Waals surface area contributed by atoms with E-state index in [0.717, 1.165) is 68.1 Å². The van der Waals surface area contributed by atoms with Gasteiger partial charge in [-0.1, -0.05) is 43.3 Å². The minimum Gasteiger partial charge on any atom is -0.490 e. The molecular formula is C26H34N2O3. The number of benzene rings is 2. The van der Waals surface area contributed by atoms with Crippen LogP contribution in [-0.4, -0.2) is 48.6 Å². The summed E-state index contributed by atoms with van der Waals surface area (Å²) >= 11 is 0. The van der Waals surface area contributed by atoms with E-state index in [-0.39, 0.29) is 11.8 Å². The molecule has 5 heteroatoms. The van der Waals surface area contributed by atoms with Gasteiger partial charge in [0.1, 0.15) is 0 Å². The average molecular weight is 423 g/mol. The standard InChI is InChI=1S/C26H34N2O3/c1-3-11-28(18-22-15-20(2)25-24(16-22)30-13-7-14-31-25)26(29)23-10-12-27(19-23)17-21-8-5-4-6-9-21/h4-6,8-9,15-16,23H,3,7,10-14,17-19H2,1-2H3. The number of carbonyl (C=O) groups excluding carboxylic acids is 1. The lowest BCUT2D eigenvalue weighted by atomic mass is 10.1. The van der Waals surface area contributed by atoms with Crippen LogP contribution in [0.3, 0.4) is 0 Å². The zero-order chi connectivity index (χ0) is 21.6. The Hall–Kier alpha value is -2.53. The molecule has 0 radical (unpaired) electrons. The van der Waals surface area contributed by atoms with Crippen molar-refractivity contribution in [3.8, 4) is 11.5 Å². The zero-order valence-electron chi connectivity index (χ0n) is 18.8. The third-order valence-corrected chi connectivity index (χ3v) is 6.14. The second-order valence-corrected chi connectivity index (χ2v) is 8.76. The van der Waals surface area contributed by atoms with Crippen molar-refractivity contribution >= 4 is 5.91 Å². The van der Waals surface area contributed by atoms with Crippen LogP contribution in [0.2, 0.25) is 0 Å². The van der Waals surface area contributed by atoms with Gasteiger partial charge in [0.15, 0.2) is 11.5 Å². The van der Waals surface area contributed by atoms with E-state index in [1.165, 1.54) is 5.56 Å². The lowest BCUT2D eigenvalue weighted by molar-refractivity contribution is -0.135. The maximum atomic E-state index is 13.4. The largest absolute Gasteiger partial charge is 0.490 e. The van der Waals surface area contributed by atoms with Gasteiger partial charge in [-0.05, 0) is 49.1 Å². The van der Waals surface area contributed by atoms with Crippen LogP contribution in [0.15, 0.2) is 42.5 Å². The van der Waals surface area contributed by atoms with Gasteiger partial charge in [0.2, 0.25) is 5.91 Å². The molecule has 2 aliphatic heterocycles. The van der Waals surface area contributed by atoms with Crippen LogP contribution in [0.5, 0.6) is 11.5 Å². The molecule has 0 N–H and O–H groups in total. The highest BCUT2D eigenvalue weighted by molar-refractivity contribution is 5.79. The molecule has 1 unspecified atom stereocenters. The number of rotatable bonds is 7. The maximum absolute atomic E-state index is 13.4. The van der Waals surface area contributed by atoms with Crippen LogP contribution < -0.4 is 9.47 Å². The van der Waals surface area contributed by atoms with Crippen LogP contribution in [0.4, 0.5) is 0 Å². The first kappa shape index (κ1) is 21.7. The summed E-state index contributed by atoms with van der Waals surface area (Å²) in [7, 11) is 0. The van der Waals surface area contributed by atoms with Crippen LogP contribution in [0, 0.1) is 12.8 Å². The molecule has 1 saturated heterocycles. The molecule has 0 saturated carbocycles. The highest BCUT2D eigenvalue weighted by atomic mass is 16.5. The molecular weight excluding hydrogens is 388 g/mol. The molecule has 4 rings (SSSR count). The van der Waals surface area contributed by atoms with Gasteiger partial charge in [0.05, 0.1) is 19.1 Å². The van der Waals surface area contributed by atoms with E-state index in [2.05, 4.69) is 55.1 Å². The quantitative estimate of drug-likeness (QED) is 0.663. The maximum Gasteiger partial charge on any atom is 0.227 e. The molecule has 5 nitrogen and oxygen atoms in total. The Labute approximate surface area is 185 Å². The third kappa shape index (κ3) is 5.40. The zero-order valence-corrected chi connectivity index (χ0v) is 18.8. The minimum absolute atomic E-state index is 0.0803. The number of nitrogens with zero attached hydrogens (tertiary/aromatic N) is 2. The van der Waals surface area contributed by atoms with E-state index in [0.29, 0.717) is 19.8 Å². The summed E-state index contributed by atoms with van der Waals surface area (Å²) in [5, 5.41) is 0. The number of hydrogen-bond acceptors (Lipinski definition) is 4. The lowest BCUT2D eigenvalue weighted by Crippen LogP contribution is -2.37. The van der Waals surface area contributed by atoms with Crippen molar-refractivity contribution in [3.63, 3.8) is 0 Å². The fraction of sp³-hybridized carbons (Fsp3) is 0.500. The average Bonchev–Trinajstić information content (AvgIpc) is 3.09. The second-order valence-electron chi connectivity index (χ2n) is 8.76. The molecule has 1 fully saturated rings. The van der Waals surface area contributed by atoms with E-state index in [1.54, 1.807) is 0 Å². The molecule has 0 bridgehead atoms. The summed E-state index contributed by atoms with van der Waals surface area (Å²) in [4.78, 5) is 17.8. The van der Waals surface area contributed by atoms with Crippen LogP contribution in [-0.2, 0) is 17.9 Å². The Morgan fingerprint density at radius 1 is 1.13 bits per heavy atom. The molecule has 2 aromatic carbocycles. The molecule has 1 atom stereocenters. The Bertz CT molecular complexity index is 884. The van der Waals surface area contributed by atoms with Crippen molar-refractivity contribution in [1.29, 1.82) is 0 Å². The molecule has 31 heavy (non-hydrogen) atoms. The van der Waals surface area contributed by atoms with Crippen molar-refractivity contribution in [2.45, 2.75) is 46.2 Å². The van der Waals surface area contributed by atoms with Gasteiger partial charge in [-0.25, -0.2) is 0 Å². The SMILES string of the molecule is CCCN(Cc1cc(C)c2c(c1)OCCCO2)C(=O)C1CCN(Cc2ccccc2)C1. The number of amides is 1. The summed E-state index contributed by atoms with van der Waals surface area (Å²) < 4.78 is 11.8. The highest BCUT2D eigenvalue weighted by Gasteiger charge is 2.31. The summed E-state index contributed by atoms with van der Waals surface area (Å²) in [6.07, 6.45) is 2.78. The first-order valence-electron chi connectivity index (χ1n) is 11.6. The number of aryl methyl sites for hydroxylation is 1. The van der Waals surface area contributed by atoms with E-state index in [9.17, 15) is 4.79 Å². The Balaban J connectivity index is 1.42. The molecule has 0 aromatic heterocycles. The van der Waals surface area contributed by atoms with E-state index in [4.69, 9.17) is 9.47 Å². The molecule has 1 amide bonds. The number of fused-ring (bicyclic) bond motifs is 1. The molecule has 0 spiro atoms. The van der Waals surface area contributed by atoms with Crippen LogP contribution in [0.25, 0.3) is 0 Å². The summed E-state index contributed by atoms with van der Waals surface area (Å²) in [5.74, 6) is 2.02. The lowest BCUT2D eigenvalue weighted by Gasteiger charge is -2.26. The second kappa shape index (κ2) is 10.2. The number of carbonyl (C=O) groups is 1. The first-order valence-corrected chi connectivity index (χ1v) is 11.6. The summed E-state index contributed by atoms with van der Waals surface area (Å²) in [6.45, 7) is 9.70. The van der Waals surface area contributed by atoms with Gasteiger partial charge in [-0.3, -0.25) is 9.69 Å². The molecule has 2 aromatic rings. The van der Waals surface area contributed by atoms with E-state index in [1.807, 2.05) is 11.0 Å². The van der Waals surface area contributed by atoms with Crippen LogP contribution in [0.1, 0.15) is 42.9 Å². The minimum atomic E-state index is 0.0803. The van der Waals surface area contributed by atoms with Crippen LogP contribution >= 0.6 is 0 Å². The van der Waals surface area contributed by atoms with Crippen molar-refractivity contribution in [3.05, 3.63) is 59.2 Å². The Morgan fingerprint density at radius 3 is 2.74 bits per heavy atom. The van der Waals surface area contributed by atoms with Crippen molar-refractivity contribution in [2.75, 3.05) is 32.8 Å². The molecule has 2 heterocycles. The smallest absolute Gasteiger partial charge is 0.227 e. The van der Waals surface area contributed by atoms with Gasteiger partial charge < -0.3 is 14.4 Å². The third-order valence-electron chi connectivity index (χ3n) is 6.14. The normalized spacial score (nSPS) is 18.6. The predicted octanol–water partition coefficient (Wildman–Crippen LogP) is 4.42. The van der Waals surface area contributed by atoms with Gasteiger partial charge in [0, 0.05) is 32.6 Å². The topological polar surface area (TPSA) is 42.0 Å². The summed E-state index contributed by atoms with van der Waals surface area (Å²) in [5.41, 5.74) is 3.50. The Morgan fingerprint density at radius 2 is 1.94 bits per heavy atom. The number of hydrogen-bond donors (Lipinski definition) is 0. The van der Waals surface area contributed by atoms with Crippen molar-refractivity contribution in [2.24, 2.45) is 5.92 Å². The van der Waals surface area contributed by atoms with Gasteiger partial charge in [0.25, 0.3) is 0 Å². The Kier molecular flexibility index (Phi) is 7.13. The monoisotopic (exact) mass is 422 g/mol. The van der Waals surface area contributed by atoms with Gasteiger partial charge >= 0.3 is 0 Å². The fourth-order valence-electron chi connectivity index (χ4n) is 4.65. The summed E-state index contributed by atoms with van der Waals surface area (Å²) in [6, 6.07) is 14.7. The van der Waals surface area contributed by atoms with Gasteiger partial charge in [-0.15, -0.1) is 0 Å².